The van der Waals surface area contributed by atoms with Gasteiger partial charge in [0.2, 0.25) is 12.7 Å². The van der Waals surface area contributed by atoms with Crippen LogP contribution in [0, 0.1) is 20.8 Å². The number of aromatic nitrogens is 2. The lowest BCUT2D eigenvalue weighted by Gasteiger charge is -2.14. The minimum absolute atomic E-state index is 0.279. The smallest absolute Gasteiger partial charge is 0.231 e. The van der Waals surface area contributed by atoms with Gasteiger partial charge in [-0.05, 0) is 55.7 Å². The first-order valence-electron chi connectivity index (χ1n) is 8.89. The summed E-state index contributed by atoms with van der Waals surface area (Å²) in [5, 5.41) is 6.67. The molecule has 1 aromatic heterocycles. The van der Waals surface area contributed by atoms with Gasteiger partial charge in [0.25, 0.3) is 0 Å². The van der Waals surface area contributed by atoms with Crippen molar-refractivity contribution >= 4 is 17.5 Å². The van der Waals surface area contributed by atoms with Crippen LogP contribution in [-0.4, -0.2) is 16.8 Å². The van der Waals surface area contributed by atoms with Gasteiger partial charge in [-0.2, -0.15) is 4.98 Å². The number of hydrogen-bond acceptors (Lipinski definition) is 6. The third kappa shape index (κ3) is 3.79. The number of nitrogens with one attached hydrogen (secondary N) is 2. The molecule has 1 aliphatic rings. The number of rotatable bonds is 5. The van der Waals surface area contributed by atoms with Crippen LogP contribution in [-0.2, 0) is 6.54 Å². The highest BCUT2D eigenvalue weighted by atomic mass is 16.7. The highest BCUT2D eigenvalue weighted by Crippen LogP contribution is 2.32. The van der Waals surface area contributed by atoms with E-state index in [4.69, 9.17) is 9.47 Å². The maximum Gasteiger partial charge on any atom is 0.231 e. The van der Waals surface area contributed by atoms with E-state index in [1.165, 1.54) is 16.7 Å². The first-order valence-corrected chi connectivity index (χ1v) is 8.89. The van der Waals surface area contributed by atoms with Gasteiger partial charge in [0.15, 0.2) is 11.5 Å². The van der Waals surface area contributed by atoms with Crippen molar-refractivity contribution < 1.29 is 9.47 Å². The summed E-state index contributed by atoms with van der Waals surface area (Å²) >= 11 is 0. The molecule has 6 heteroatoms. The molecule has 0 bridgehead atoms. The summed E-state index contributed by atoms with van der Waals surface area (Å²) in [6.07, 6.45) is 1.75. The lowest BCUT2D eigenvalue weighted by atomic mass is 10.1. The Morgan fingerprint density at radius 2 is 1.74 bits per heavy atom. The van der Waals surface area contributed by atoms with Crippen LogP contribution in [0.5, 0.6) is 11.5 Å². The number of anilines is 3. The SMILES string of the molecule is Cc1cc(C)c(Nc2ccnc(NCc3ccc4c(c3)OCO4)n2)c(C)c1. The van der Waals surface area contributed by atoms with Crippen molar-refractivity contribution in [2.45, 2.75) is 27.3 Å². The van der Waals surface area contributed by atoms with Crippen LogP contribution in [0.3, 0.4) is 0 Å². The molecular formula is C21H22N4O2. The van der Waals surface area contributed by atoms with Gasteiger partial charge in [0, 0.05) is 18.4 Å². The number of hydrogen-bond donors (Lipinski definition) is 2. The predicted molar refractivity (Wildman–Crippen MR) is 106 cm³/mol. The molecule has 0 fully saturated rings. The molecule has 0 unspecified atom stereocenters. The van der Waals surface area contributed by atoms with E-state index in [2.05, 4.69) is 53.5 Å². The molecule has 2 N–H and O–H groups in total. The first-order chi connectivity index (χ1) is 13.1. The highest BCUT2D eigenvalue weighted by Gasteiger charge is 2.13. The Hall–Kier alpha value is -3.28. The Morgan fingerprint density at radius 1 is 0.963 bits per heavy atom. The molecule has 0 saturated heterocycles. The molecule has 27 heavy (non-hydrogen) atoms. The molecule has 4 rings (SSSR count). The van der Waals surface area contributed by atoms with Crippen molar-refractivity contribution in [2.24, 2.45) is 0 Å². The van der Waals surface area contributed by atoms with Gasteiger partial charge in [-0.1, -0.05) is 23.8 Å². The molecular weight excluding hydrogens is 340 g/mol. The third-order valence-corrected chi connectivity index (χ3v) is 4.47. The molecule has 0 atom stereocenters. The van der Waals surface area contributed by atoms with Gasteiger partial charge in [-0.3, -0.25) is 0 Å². The lowest BCUT2D eigenvalue weighted by Crippen LogP contribution is -2.06. The van der Waals surface area contributed by atoms with Crippen molar-refractivity contribution in [1.29, 1.82) is 0 Å². The number of fused-ring (bicyclic) bond motifs is 1. The van der Waals surface area contributed by atoms with E-state index >= 15 is 0 Å². The fourth-order valence-corrected chi connectivity index (χ4v) is 3.25. The van der Waals surface area contributed by atoms with Gasteiger partial charge in [-0.25, -0.2) is 4.98 Å². The standard InChI is InChI=1S/C21H22N4O2/c1-13-8-14(2)20(15(3)9-13)24-19-6-7-22-21(25-19)23-11-16-4-5-17-18(10-16)27-12-26-17/h4-10H,11-12H2,1-3H3,(H2,22,23,24,25). The van der Waals surface area contributed by atoms with Crippen LogP contribution in [0.2, 0.25) is 0 Å². The average Bonchev–Trinajstić information content (AvgIpc) is 3.11. The van der Waals surface area contributed by atoms with E-state index in [0.717, 1.165) is 28.6 Å². The summed E-state index contributed by atoms with van der Waals surface area (Å²) < 4.78 is 10.8. The Balaban J connectivity index is 1.46. The largest absolute Gasteiger partial charge is 0.454 e. The second-order valence-corrected chi connectivity index (χ2v) is 6.71. The maximum atomic E-state index is 5.42. The van der Waals surface area contributed by atoms with Crippen LogP contribution in [0.1, 0.15) is 22.3 Å². The van der Waals surface area contributed by atoms with E-state index in [9.17, 15) is 0 Å². The van der Waals surface area contributed by atoms with Gasteiger partial charge in [0.05, 0.1) is 0 Å². The second kappa shape index (κ2) is 7.15. The molecule has 138 valence electrons. The zero-order chi connectivity index (χ0) is 18.8. The fourth-order valence-electron chi connectivity index (χ4n) is 3.25. The Bertz CT molecular complexity index is 965. The Morgan fingerprint density at radius 3 is 2.56 bits per heavy atom. The van der Waals surface area contributed by atoms with Crippen LogP contribution < -0.4 is 20.1 Å². The van der Waals surface area contributed by atoms with Crippen molar-refractivity contribution in [3.05, 3.63) is 64.8 Å². The van der Waals surface area contributed by atoms with Crippen LogP contribution in [0.15, 0.2) is 42.6 Å². The molecule has 0 saturated carbocycles. The monoisotopic (exact) mass is 362 g/mol. The predicted octanol–water partition coefficient (Wildman–Crippen LogP) is 4.49. The molecule has 0 spiro atoms. The summed E-state index contributed by atoms with van der Waals surface area (Å²) in [6.45, 7) is 7.18. The second-order valence-electron chi connectivity index (χ2n) is 6.71. The fraction of sp³-hybridized carbons (Fsp3) is 0.238. The molecule has 3 aromatic rings. The van der Waals surface area contributed by atoms with E-state index in [1.54, 1.807) is 6.20 Å². The number of ether oxygens (including phenoxy) is 2. The van der Waals surface area contributed by atoms with Gasteiger partial charge < -0.3 is 20.1 Å². The summed E-state index contributed by atoms with van der Waals surface area (Å²) in [5.74, 6) is 2.88. The molecule has 2 aromatic carbocycles. The third-order valence-electron chi connectivity index (χ3n) is 4.47. The zero-order valence-corrected chi connectivity index (χ0v) is 15.7. The number of aryl methyl sites for hydroxylation is 3. The molecule has 0 radical (unpaired) electrons. The Labute approximate surface area is 158 Å². The topological polar surface area (TPSA) is 68.3 Å². The molecule has 0 aliphatic carbocycles. The summed E-state index contributed by atoms with van der Waals surface area (Å²) in [5.41, 5.74) is 5.80. The summed E-state index contributed by atoms with van der Waals surface area (Å²) in [7, 11) is 0. The normalized spacial score (nSPS) is 12.1. The van der Waals surface area contributed by atoms with Gasteiger partial charge in [-0.15, -0.1) is 0 Å². The molecule has 1 aliphatic heterocycles. The van der Waals surface area contributed by atoms with Gasteiger partial charge >= 0.3 is 0 Å². The van der Waals surface area contributed by atoms with E-state index in [-0.39, 0.29) is 6.79 Å². The minimum atomic E-state index is 0.279. The number of benzene rings is 2. The van der Waals surface area contributed by atoms with Crippen LogP contribution >= 0.6 is 0 Å². The maximum absolute atomic E-state index is 5.42. The van der Waals surface area contributed by atoms with Crippen LogP contribution in [0.25, 0.3) is 0 Å². The number of nitrogens with zero attached hydrogens (tertiary/aromatic N) is 2. The van der Waals surface area contributed by atoms with Crippen molar-refractivity contribution in [3.63, 3.8) is 0 Å². The quantitative estimate of drug-likeness (QED) is 0.697. The summed E-state index contributed by atoms with van der Waals surface area (Å²) in [6, 6.07) is 12.1. The molecule has 6 nitrogen and oxygen atoms in total. The molecule has 0 amide bonds. The van der Waals surface area contributed by atoms with E-state index in [1.807, 2.05) is 24.3 Å². The van der Waals surface area contributed by atoms with E-state index in [0.29, 0.717) is 12.5 Å². The zero-order valence-electron chi connectivity index (χ0n) is 15.7. The van der Waals surface area contributed by atoms with Crippen molar-refractivity contribution in [1.82, 2.24) is 9.97 Å². The first kappa shape index (κ1) is 17.1. The van der Waals surface area contributed by atoms with Crippen LogP contribution in [0.4, 0.5) is 17.5 Å². The average molecular weight is 362 g/mol. The molecule has 2 heterocycles. The lowest BCUT2D eigenvalue weighted by molar-refractivity contribution is 0.174. The van der Waals surface area contributed by atoms with Gasteiger partial charge in [0.1, 0.15) is 5.82 Å². The Kier molecular flexibility index (Phi) is 4.54. The minimum Gasteiger partial charge on any atom is -0.454 e. The van der Waals surface area contributed by atoms with Crippen molar-refractivity contribution in [3.8, 4) is 11.5 Å². The van der Waals surface area contributed by atoms with Crippen molar-refractivity contribution in [2.75, 3.05) is 17.4 Å². The summed E-state index contributed by atoms with van der Waals surface area (Å²) in [4.78, 5) is 8.88. The van der Waals surface area contributed by atoms with E-state index < -0.39 is 0 Å². The highest BCUT2D eigenvalue weighted by molar-refractivity contribution is 5.65.